The molecule has 2 aromatic rings. The minimum atomic E-state index is -0.977. The van der Waals surface area contributed by atoms with Gasteiger partial charge in [-0.1, -0.05) is 74.7 Å². The van der Waals surface area contributed by atoms with Gasteiger partial charge in [-0.3, -0.25) is 9.59 Å². The number of carbonyl (C=O) groups excluding carboxylic acids is 2. The van der Waals surface area contributed by atoms with Crippen LogP contribution in [0.2, 0.25) is 0 Å². The van der Waals surface area contributed by atoms with Crippen LogP contribution in [0, 0.1) is 11.8 Å². The molecule has 16 nitrogen and oxygen atoms in total. The van der Waals surface area contributed by atoms with E-state index in [0.717, 1.165) is 59.2 Å². The fraction of sp³-hybridized carbons (Fsp3) is 0.683. The Kier molecular flexibility index (Phi) is 18.4. The molecule has 8 saturated heterocycles. The number of rotatable bonds is 14. The maximum Gasteiger partial charge on any atom is 0.229 e. The molecule has 0 unspecified atom stereocenters. The van der Waals surface area contributed by atoms with Crippen LogP contribution in [0.1, 0.15) is 120 Å². The smallest absolute Gasteiger partial charge is 0.229 e. The molecule has 2 aromatic carbocycles. The molecule has 1 amide bonds. The van der Waals surface area contributed by atoms with Crippen LogP contribution < -0.4 is 4.90 Å². The molecule has 9 heterocycles. The van der Waals surface area contributed by atoms with Gasteiger partial charge in [0.25, 0.3) is 0 Å². The summed E-state index contributed by atoms with van der Waals surface area (Å²) in [5.74, 6) is -0.959. The molecule has 79 heavy (non-hydrogen) atoms. The molecule has 0 saturated carbocycles. The molecule has 0 radical (unpaired) electrons. The van der Waals surface area contributed by atoms with Crippen molar-refractivity contribution in [1.29, 1.82) is 0 Å². The number of aliphatic hydroxyl groups excluding tert-OH is 2. The zero-order valence-electron chi connectivity index (χ0n) is 46.7. The van der Waals surface area contributed by atoms with E-state index in [2.05, 4.69) is 44.4 Å². The molecule has 10 bridgehead atoms. The molecular weight excluding hydrogens is 1010 g/mol. The summed E-state index contributed by atoms with van der Waals surface area (Å²) in [7, 11) is 3.63. The number of hydrogen-bond acceptors (Lipinski definition) is 15. The third-order valence-corrected chi connectivity index (χ3v) is 18.7. The Balaban J connectivity index is 0.688. The molecule has 11 rings (SSSR count). The third kappa shape index (κ3) is 13.2. The van der Waals surface area contributed by atoms with Gasteiger partial charge in [-0.25, -0.2) is 0 Å². The number of ketones is 1. The molecule has 8 fully saturated rings. The summed E-state index contributed by atoms with van der Waals surface area (Å²) in [5.41, 5.74) is 6.21. The van der Waals surface area contributed by atoms with Crippen LogP contribution in [0.3, 0.4) is 0 Å². The maximum atomic E-state index is 14.4. The van der Waals surface area contributed by atoms with Crippen molar-refractivity contribution in [2.75, 3.05) is 58.6 Å². The Bertz CT molecular complexity index is 2490. The molecule has 9 aliphatic rings. The number of benzene rings is 2. The molecule has 432 valence electrons. The molecule has 1 spiro atoms. The predicted molar refractivity (Wildman–Crippen MR) is 296 cm³/mol. The van der Waals surface area contributed by atoms with E-state index in [1.807, 2.05) is 53.2 Å². The van der Waals surface area contributed by atoms with E-state index >= 15 is 0 Å². The summed E-state index contributed by atoms with van der Waals surface area (Å²) in [4.78, 5) is 31.9. The molecule has 0 aromatic heterocycles. The van der Waals surface area contributed by atoms with Gasteiger partial charge in [-0.15, -0.1) is 0 Å². The van der Waals surface area contributed by atoms with Crippen LogP contribution in [0.25, 0.3) is 12.2 Å². The van der Waals surface area contributed by atoms with Gasteiger partial charge >= 0.3 is 0 Å². The lowest BCUT2D eigenvalue weighted by molar-refractivity contribution is -0.277. The minimum Gasteiger partial charge on any atom is -0.392 e. The van der Waals surface area contributed by atoms with E-state index in [9.17, 15) is 19.8 Å². The quantitative estimate of drug-likeness (QED) is 0.140. The fourth-order valence-corrected chi connectivity index (χ4v) is 14.5. The van der Waals surface area contributed by atoms with Crippen molar-refractivity contribution >= 4 is 29.5 Å². The van der Waals surface area contributed by atoms with Crippen molar-refractivity contribution in [2.24, 2.45) is 11.8 Å². The van der Waals surface area contributed by atoms with Crippen LogP contribution in [-0.4, -0.2) is 178 Å². The van der Waals surface area contributed by atoms with Gasteiger partial charge in [0.15, 0.2) is 5.79 Å². The van der Waals surface area contributed by atoms with Crippen molar-refractivity contribution in [3.8, 4) is 0 Å². The van der Waals surface area contributed by atoms with E-state index in [0.29, 0.717) is 90.8 Å². The zero-order chi connectivity index (χ0) is 54.8. The highest BCUT2D eigenvalue weighted by molar-refractivity contribution is 5.97. The number of Topliss-reactive ketones (excluding diaryl/α,β-unsaturated/α-hetero) is 1. The molecule has 0 aliphatic carbocycles. The van der Waals surface area contributed by atoms with Crippen molar-refractivity contribution < 1.29 is 67.2 Å². The van der Waals surface area contributed by atoms with Crippen LogP contribution in [0.5, 0.6) is 0 Å². The second-order valence-electron chi connectivity index (χ2n) is 24.3. The fourth-order valence-electron chi connectivity index (χ4n) is 14.5. The second kappa shape index (κ2) is 25.4. The lowest BCUT2D eigenvalue weighted by atomic mass is 9.81. The third-order valence-electron chi connectivity index (χ3n) is 18.7. The summed E-state index contributed by atoms with van der Waals surface area (Å²) in [6, 6.07) is 16.1. The zero-order valence-corrected chi connectivity index (χ0v) is 46.7. The maximum absolute atomic E-state index is 14.4. The van der Waals surface area contributed by atoms with E-state index < -0.39 is 36.3 Å². The SMILES string of the molecule is C=C1C[C@@H]2CC[C@]34C[C@@H](O)[C@H](O3)[C@H]3C[C@@H](O4)[C@H]4O[C@H](CC[C@@H]4O3)CC(=O)C[C@@H]3[C@@H](OC)[C@@H](C[C@H](O)CN(C)CCOCCOCCC(=O)N4Cc5ccccc5/C=C\c5ccccc54)O[C@H]3C[C@H]3O[C@@H](CC[C@@H]1O2)C[C@@H](C)C3=C. The first-order valence-electron chi connectivity index (χ1n) is 29.7. The highest BCUT2D eigenvalue weighted by atomic mass is 16.7. The lowest BCUT2D eigenvalue weighted by Crippen LogP contribution is -2.58. The Morgan fingerprint density at radius 1 is 0.785 bits per heavy atom. The number of anilines is 1. The number of ether oxygens (including phenoxy) is 10. The number of hydrogen-bond donors (Lipinski definition) is 2. The molecule has 18 atom stereocenters. The molecule has 2 N–H and O–H groups in total. The number of amides is 1. The summed E-state index contributed by atoms with van der Waals surface area (Å²) in [5, 5.41) is 22.9. The monoisotopic (exact) mass is 1090 g/mol. The van der Waals surface area contributed by atoms with Gasteiger partial charge in [0.05, 0.1) is 124 Å². The van der Waals surface area contributed by atoms with Gasteiger partial charge in [0.1, 0.15) is 18.0 Å². The summed E-state index contributed by atoms with van der Waals surface area (Å²) >= 11 is 0. The lowest BCUT2D eigenvalue weighted by Gasteiger charge is -2.47. The molecular formula is C63H86N2O14. The number of carbonyl (C=O) groups is 2. The first kappa shape index (κ1) is 57.1. The van der Waals surface area contributed by atoms with Crippen LogP contribution in [0.4, 0.5) is 5.69 Å². The summed E-state index contributed by atoms with van der Waals surface area (Å²) < 4.78 is 65.8. The average molecular weight is 1100 g/mol. The highest BCUT2D eigenvalue weighted by Crippen LogP contribution is 2.49. The first-order chi connectivity index (χ1) is 38.3. The van der Waals surface area contributed by atoms with Gasteiger partial charge in [0.2, 0.25) is 5.91 Å². The first-order valence-corrected chi connectivity index (χ1v) is 29.7. The Hall–Kier alpha value is -3.72. The molecule has 16 heteroatoms. The number of nitrogens with zero attached hydrogens (tertiary/aromatic N) is 2. The van der Waals surface area contributed by atoms with Crippen LogP contribution in [0.15, 0.2) is 72.8 Å². The summed E-state index contributed by atoms with van der Waals surface area (Å²) in [6.07, 6.45) is 7.46. The Morgan fingerprint density at radius 2 is 1.54 bits per heavy atom. The molecule has 9 aliphatic heterocycles. The Labute approximate surface area is 467 Å². The van der Waals surface area contributed by atoms with Crippen molar-refractivity contribution in [2.45, 2.75) is 207 Å². The van der Waals surface area contributed by atoms with Crippen molar-refractivity contribution in [3.05, 3.63) is 89.5 Å². The number of para-hydroxylation sites is 1. The summed E-state index contributed by atoms with van der Waals surface area (Å²) in [6.45, 7) is 14.1. The van der Waals surface area contributed by atoms with Crippen LogP contribution in [-0.2, 0) is 63.5 Å². The average Bonchev–Trinajstić information content (AvgIpc) is 4.27. The van der Waals surface area contributed by atoms with Crippen molar-refractivity contribution in [3.63, 3.8) is 0 Å². The van der Waals surface area contributed by atoms with E-state index in [-0.39, 0.29) is 110 Å². The number of aliphatic hydroxyl groups is 2. The van der Waals surface area contributed by atoms with Gasteiger partial charge in [-0.2, -0.15) is 0 Å². The minimum absolute atomic E-state index is 0.00243. The standard InChI is InChI=1S/C63H86N2O14/c1-38-28-46-16-18-52-39(2)29-48(73-52)20-22-63-35-51(68)61(79-63)57-34-58(78-63)62-53(76-57)19-17-47(75-62)30-44(66)31-49-55(33-54(74-46)40(38)3)77-56(60(49)70-5)32-45(67)37-64(4)23-25-72-27-26-71-24-21-59(69)65-36-43-12-7-6-10-41(43)14-15-42-11-8-9-13-50(42)65/h6-15,38,45-49,51-58,60-62,67-68H,2-3,16-37H2,1,4-5H3/b15-14-/t38-,45+,46+,47-,48+,49+,51-,52+,53+,54-,55+,56-,57-,58-,60-,61+,62+,63-/m1/s1. The topological polar surface area (TPSA) is 173 Å². The number of likely N-dealkylation sites (N-methyl/N-ethyl adjacent to an activating group) is 1. The largest absolute Gasteiger partial charge is 0.392 e. The normalized spacial score (nSPS) is 38.3. The van der Waals surface area contributed by atoms with E-state index in [1.165, 1.54) is 0 Å². The number of fused-ring (bicyclic) bond motifs is 11. The van der Waals surface area contributed by atoms with E-state index in [4.69, 9.17) is 47.4 Å². The van der Waals surface area contributed by atoms with Gasteiger partial charge in [0, 0.05) is 71.1 Å². The number of methoxy groups -OCH3 is 1. The highest BCUT2D eigenvalue weighted by Gasteiger charge is 2.60. The van der Waals surface area contributed by atoms with E-state index in [1.54, 1.807) is 7.11 Å². The van der Waals surface area contributed by atoms with Gasteiger partial charge < -0.3 is 67.4 Å². The van der Waals surface area contributed by atoms with Crippen molar-refractivity contribution in [1.82, 2.24) is 4.90 Å². The Morgan fingerprint density at radius 3 is 2.39 bits per heavy atom. The predicted octanol–water partition coefficient (Wildman–Crippen LogP) is 7.54. The second-order valence-corrected chi connectivity index (χ2v) is 24.3. The van der Waals surface area contributed by atoms with Crippen LogP contribution >= 0.6 is 0 Å². The van der Waals surface area contributed by atoms with Gasteiger partial charge in [-0.05, 0) is 91.8 Å².